The first-order valence-electron chi connectivity index (χ1n) is 6.36. The summed E-state index contributed by atoms with van der Waals surface area (Å²) >= 11 is 1.09. The van der Waals surface area contributed by atoms with E-state index in [-0.39, 0.29) is 23.0 Å². The molecular formula is C14H14F2N2O2S. The molecule has 1 aromatic carbocycles. The van der Waals surface area contributed by atoms with E-state index in [2.05, 4.69) is 5.32 Å². The number of thiophene rings is 1. The molecule has 0 aliphatic carbocycles. The Labute approximate surface area is 124 Å². The van der Waals surface area contributed by atoms with Crippen LogP contribution >= 0.6 is 11.3 Å². The van der Waals surface area contributed by atoms with Gasteiger partial charge in [-0.05, 0) is 31.5 Å². The van der Waals surface area contributed by atoms with E-state index >= 15 is 0 Å². The van der Waals surface area contributed by atoms with E-state index in [9.17, 15) is 18.9 Å². The van der Waals surface area contributed by atoms with Crippen molar-refractivity contribution in [2.45, 2.75) is 25.9 Å². The Morgan fingerprint density at radius 3 is 2.52 bits per heavy atom. The lowest BCUT2D eigenvalue weighted by Gasteiger charge is -2.14. The smallest absolute Gasteiger partial charge is 0.309 e. The third-order valence-electron chi connectivity index (χ3n) is 3.02. The molecule has 7 heteroatoms. The summed E-state index contributed by atoms with van der Waals surface area (Å²) in [7, 11) is 0. The van der Waals surface area contributed by atoms with Gasteiger partial charge in [0.1, 0.15) is 11.6 Å². The maximum absolute atomic E-state index is 13.5. The van der Waals surface area contributed by atoms with Gasteiger partial charge < -0.3 is 5.32 Å². The summed E-state index contributed by atoms with van der Waals surface area (Å²) in [4.78, 5) is 11.0. The van der Waals surface area contributed by atoms with Crippen LogP contribution in [-0.4, -0.2) is 11.0 Å². The molecule has 4 nitrogen and oxygen atoms in total. The zero-order valence-corrected chi connectivity index (χ0v) is 12.1. The zero-order chi connectivity index (χ0) is 15.4. The van der Waals surface area contributed by atoms with Crippen molar-refractivity contribution in [1.29, 1.82) is 0 Å². The second-order valence-electron chi connectivity index (χ2n) is 4.68. The number of hydrogen-bond acceptors (Lipinski definition) is 4. The van der Waals surface area contributed by atoms with E-state index < -0.39 is 16.6 Å². The number of rotatable bonds is 6. The van der Waals surface area contributed by atoms with E-state index in [0.717, 1.165) is 16.2 Å². The maximum atomic E-state index is 13.5. The Morgan fingerprint density at radius 1 is 1.29 bits per heavy atom. The molecule has 0 fully saturated rings. The zero-order valence-electron chi connectivity index (χ0n) is 11.3. The molecule has 1 aromatic heterocycles. The Balaban J connectivity index is 1.92. The molecule has 0 aliphatic rings. The number of nitrogens with zero attached hydrogens (tertiary/aromatic N) is 1. The molecule has 2 rings (SSSR count). The first-order valence-corrected chi connectivity index (χ1v) is 7.18. The third-order valence-corrected chi connectivity index (χ3v) is 4.06. The highest BCUT2D eigenvalue weighted by atomic mass is 32.1. The molecule has 0 saturated carbocycles. The molecule has 0 aliphatic heterocycles. The minimum atomic E-state index is -0.560. The molecule has 0 radical (unpaired) electrons. The lowest BCUT2D eigenvalue weighted by Crippen LogP contribution is -2.28. The van der Waals surface area contributed by atoms with E-state index in [1.54, 1.807) is 6.07 Å². The average molecular weight is 312 g/mol. The molecule has 0 saturated heterocycles. The van der Waals surface area contributed by atoms with E-state index in [0.29, 0.717) is 6.54 Å². The highest BCUT2D eigenvalue weighted by molar-refractivity contribution is 7.15. The van der Waals surface area contributed by atoms with Gasteiger partial charge in [0.05, 0.1) is 4.92 Å². The fraction of sp³-hybridized carbons (Fsp3) is 0.286. The molecular weight excluding hydrogens is 298 g/mol. The summed E-state index contributed by atoms with van der Waals surface area (Å²) in [6.07, 6.45) is 0.214. The summed E-state index contributed by atoms with van der Waals surface area (Å²) in [5, 5.41) is 13.8. The van der Waals surface area contributed by atoms with Gasteiger partial charge in [-0.2, -0.15) is 0 Å². The highest BCUT2D eigenvalue weighted by Gasteiger charge is 2.14. The molecule has 1 N–H and O–H groups in total. The van der Waals surface area contributed by atoms with Crippen molar-refractivity contribution >= 4 is 16.3 Å². The van der Waals surface area contributed by atoms with E-state index in [4.69, 9.17) is 0 Å². The Morgan fingerprint density at radius 2 is 1.95 bits per heavy atom. The fourth-order valence-corrected chi connectivity index (χ4v) is 2.71. The number of nitrogens with one attached hydrogen (secondary N) is 1. The van der Waals surface area contributed by atoms with E-state index in [1.165, 1.54) is 24.3 Å². The van der Waals surface area contributed by atoms with Crippen LogP contribution in [0, 0.1) is 21.7 Å². The first kappa shape index (κ1) is 15.5. The summed E-state index contributed by atoms with van der Waals surface area (Å²) in [5.74, 6) is -1.12. The molecule has 0 spiro atoms. The van der Waals surface area contributed by atoms with Crippen molar-refractivity contribution in [1.82, 2.24) is 5.32 Å². The van der Waals surface area contributed by atoms with Crippen LogP contribution in [0.4, 0.5) is 13.8 Å². The van der Waals surface area contributed by atoms with Gasteiger partial charge in [0.25, 0.3) is 0 Å². The summed E-state index contributed by atoms with van der Waals surface area (Å²) in [6, 6.07) is 6.76. The van der Waals surface area contributed by atoms with E-state index in [1.807, 2.05) is 6.92 Å². The third kappa shape index (κ3) is 4.05. The number of nitro groups is 1. The van der Waals surface area contributed by atoms with Crippen LogP contribution in [0.5, 0.6) is 0 Å². The van der Waals surface area contributed by atoms with Crippen molar-refractivity contribution < 1.29 is 13.7 Å². The Hall–Kier alpha value is -1.86. The summed E-state index contributed by atoms with van der Waals surface area (Å²) in [5.41, 5.74) is 0.0506. The predicted molar refractivity (Wildman–Crippen MR) is 77.3 cm³/mol. The number of hydrogen-bond donors (Lipinski definition) is 1. The second-order valence-corrected chi connectivity index (χ2v) is 5.83. The molecule has 0 bridgehead atoms. The van der Waals surface area contributed by atoms with Crippen LogP contribution in [-0.2, 0) is 13.0 Å². The van der Waals surface area contributed by atoms with Gasteiger partial charge in [-0.15, -0.1) is 0 Å². The monoisotopic (exact) mass is 312 g/mol. The van der Waals surface area contributed by atoms with Gasteiger partial charge in [0, 0.05) is 29.1 Å². The van der Waals surface area contributed by atoms with Gasteiger partial charge in [-0.25, -0.2) is 8.78 Å². The molecule has 1 unspecified atom stereocenters. The first-order chi connectivity index (χ1) is 9.97. The number of halogens is 2. The van der Waals surface area contributed by atoms with Crippen molar-refractivity contribution in [3.8, 4) is 0 Å². The second kappa shape index (κ2) is 6.73. The minimum absolute atomic E-state index is 0.0506. The largest absolute Gasteiger partial charge is 0.324 e. The van der Waals surface area contributed by atoms with Crippen molar-refractivity contribution in [2.75, 3.05) is 0 Å². The van der Waals surface area contributed by atoms with Crippen LogP contribution in [0.25, 0.3) is 0 Å². The molecule has 112 valence electrons. The van der Waals surface area contributed by atoms with Gasteiger partial charge in [-0.1, -0.05) is 17.4 Å². The predicted octanol–water partition coefficient (Wildman–Crippen LogP) is 3.66. The standard InChI is InChI=1S/C14H14F2N2O2S/c1-9(7-11-12(15)3-2-4-13(11)16)17-8-10-5-6-14(21-10)18(19)20/h2-6,9,17H,7-8H2,1H3. The Bertz CT molecular complexity index is 625. The van der Waals surface area contributed by atoms with Gasteiger partial charge in [0.2, 0.25) is 0 Å². The molecule has 0 amide bonds. The van der Waals surface area contributed by atoms with Gasteiger partial charge in [0.15, 0.2) is 0 Å². The maximum Gasteiger partial charge on any atom is 0.324 e. The lowest BCUT2D eigenvalue weighted by molar-refractivity contribution is -0.380. The van der Waals surface area contributed by atoms with Crippen LogP contribution in [0.2, 0.25) is 0 Å². The molecule has 1 heterocycles. The van der Waals surface area contributed by atoms with Gasteiger partial charge >= 0.3 is 5.00 Å². The molecule has 1 atom stereocenters. The van der Waals surface area contributed by atoms with Crippen LogP contribution < -0.4 is 5.32 Å². The molecule has 2 aromatic rings. The average Bonchev–Trinajstić information content (AvgIpc) is 2.90. The normalized spacial score (nSPS) is 12.3. The fourth-order valence-electron chi connectivity index (χ4n) is 1.94. The quantitative estimate of drug-likeness (QED) is 0.654. The van der Waals surface area contributed by atoms with Crippen molar-refractivity contribution in [3.05, 3.63) is 62.5 Å². The summed E-state index contributed by atoms with van der Waals surface area (Å²) < 4.78 is 27.1. The van der Waals surface area contributed by atoms with Crippen molar-refractivity contribution in [3.63, 3.8) is 0 Å². The van der Waals surface area contributed by atoms with Crippen LogP contribution in [0.1, 0.15) is 17.4 Å². The topological polar surface area (TPSA) is 55.2 Å². The highest BCUT2D eigenvalue weighted by Crippen LogP contribution is 2.24. The molecule has 21 heavy (non-hydrogen) atoms. The Kier molecular flexibility index (Phi) is 4.98. The van der Waals surface area contributed by atoms with Crippen LogP contribution in [0.15, 0.2) is 30.3 Å². The lowest BCUT2D eigenvalue weighted by atomic mass is 10.1. The minimum Gasteiger partial charge on any atom is -0.309 e. The summed E-state index contributed by atoms with van der Waals surface area (Å²) in [6.45, 7) is 2.24. The SMILES string of the molecule is CC(Cc1c(F)cccc1F)NCc1ccc([N+](=O)[O-])s1. The number of benzene rings is 1. The van der Waals surface area contributed by atoms with Crippen molar-refractivity contribution in [2.24, 2.45) is 0 Å². The van der Waals surface area contributed by atoms with Gasteiger partial charge in [-0.3, -0.25) is 10.1 Å². The van der Waals surface area contributed by atoms with Crippen LogP contribution in [0.3, 0.4) is 0 Å².